The number of nitrogens with zero attached hydrogens (tertiary/aromatic N) is 2. The third kappa shape index (κ3) is 0.873. The molecule has 0 bridgehead atoms. The van der Waals surface area contributed by atoms with E-state index in [1.54, 1.807) is 6.92 Å². The average Bonchev–Trinajstić information content (AvgIpc) is 2.11. The van der Waals surface area contributed by atoms with Crippen LogP contribution in [0, 0.1) is 21.2 Å². The highest BCUT2D eigenvalue weighted by Gasteiger charge is 2.39. The Morgan fingerprint density at radius 3 is 2.70 bits per heavy atom. The number of rotatable bonds is 0. The first kappa shape index (κ1) is 6.79. The van der Waals surface area contributed by atoms with E-state index in [-0.39, 0.29) is 11.5 Å². The summed E-state index contributed by atoms with van der Waals surface area (Å²) in [5.41, 5.74) is 0. The van der Waals surface area contributed by atoms with Crippen molar-refractivity contribution in [3.63, 3.8) is 0 Å². The predicted octanol–water partition coefficient (Wildman–Crippen LogP) is -0.247. The standard InChI is InChI=1S/C4H6N2O4/c1-3-2-10-6(9)4(3)5(7)8/h3H,2H2,1H3. The van der Waals surface area contributed by atoms with Gasteiger partial charge in [-0.1, -0.05) is 0 Å². The molecule has 1 unspecified atom stereocenters. The smallest absolute Gasteiger partial charge is 0.397 e. The van der Waals surface area contributed by atoms with Crippen molar-refractivity contribution < 1.29 is 14.7 Å². The fourth-order valence-corrected chi connectivity index (χ4v) is 0.747. The number of hydrogen-bond acceptors (Lipinski definition) is 4. The number of hydrogen-bond donors (Lipinski definition) is 0. The lowest BCUT2D eigenvalue weighted by atomic mass is 10.2. The molecule has 0 spiro atoms. The molecule has 0 aliphatic carbocycles. The van der Waals surface area contributed by atoms with Crippen LogP contribution in [-0.4, -0.2) is 22.3 Å². The maximum atomic E-state index is 10.4. The van der Waals surface area contributed by atoms with Gasteiger partial charge in [0.1, 0.15) is 15.7 Å². The normalized spacial score (nSPS) is 24.7. The monoisotopic (exact) mass is 146 g/mol. The summed E-state index contributed by atoms with van der Waals surface area (Å²) in [5.74, 6) is -0.826. The summed E-state index contributed by atoms with van der Waals surface area (Å²) in [6.45, 7) is 1.66. The van der Waals surface area contributed by atoms with Gasteiger partial charge in [0.25, 0.3) is 0 Å². The minimum atomic E-state index is -0.718. The summed E-state index contributed by atoms with van der Waals surface area (Å²) >= 11 is 0. The molecule has 0 saturated heterocycles. The summed E-state index contributed by atoms with van der Waals surface area (Å²) in [6, 6.07) is 0. The molecule has 1 rings (SSSR count). The van der Waals surface area contributed by atoms with Crippen LogP contribution >= 0.6 is 0 Å². The Kier molecular flexibility index (Phi) is 1.44. The Bertz CT molecular complexity index is 199. The van der Waals surface area contributed by atoms with Crippen molar-refractivity contribution in [2.45, 2.75) is 6.92 Å². The van der Waals surface area contributed by atoms with E-state index in [0.29, 0.717) is 0 Å². The molecule has 1 aliphatic rings. The van der Waals surface area contributed by atoms with E-state index >= 15 is 0 Å². The second-order valence-electron chi connectivity index (χ2n) is 2.07. The molecule has 10 heavy (non-hydrogen) atoms. The van der Waals surface area contributed by atoms with Crippen LogP contribution < -0.4 is 0 Å². The molecule has 0 N–H and O–H groups in total. The highest BCUT2D eigenvalue weighted by Crippen LogP contribution is 2.07. The van der Waals surface area contributed by atoms with Gasteiger partial charge in [0, 0.05) is 0 Å². The van der Waals surface area contributed by atoms with Crippen molar-refractivity contribution in [2.24, 2.45) is 5.92 Å². The Balaban J connectivity index is 2.88. The summed E-state index contributed by atoms with van der Waals surface area (Å²) in [5, 5.41) is 20.5. The fourth-order valence-electron chi connectivity index (χ4n) is 0.747. The van der Waals surface area contributed by atoms with Gasteiger partial charge >= 0.3 is 5.84 Å². The zero-order valence-electron chi connectivity index (χ0n) is 5.31. The van der Waals surface area contributed by atoms with E-state index in [9.17, 15) is 15.3 Å². The lowest BCUT2D eigenvalue weighted by Gasteiger charge is -1.89. The van der Waals surface area contributed by atoms with Gasteiger partial charge in [-0.05, 0) is 6.92 Å². The molecule has 0 fully saturated rings. The van der Waals surface area contributed by atoms with Crippen molar-refractivity contribution in [1.29, 1.82) is 0 Å². The number of nitro groups is 1. The molecule has 1 atom stereocenters. The maximum absolute atomic E-state index is 10.4. The van der Waals surface area contributed by atoms with Crippen molar-refractivity contribution in [1.82, 2.24) is 0 Å². The van der Waals surface area contributed by atoms with Crippen molar-refractivity contribution in [3.8, 4) is 0 Å². The fraction of sp³-hybridized carbons (Fsp3) is 0.750. The maximum Gasteiger partial charge on any atom is 0.535 e. The van der Waals surface area contributed by atoms with Crippen LogP contribution in [0.15, 0.2) is 0 Å². The largest absolute Gasteiger partial charge is 0.535 e. The molecule has 0 aromatic heterocycles. The number of amidine groups is 1. The van der Waals surface area contributed by atoms with Gasteiger partial charge in [-0.2, -0.15) is 0 Å². The third-order valence-electron chi connectivity index (χ3n) is 1.26. The van der Waals surface area contributed by atoms with Crippen molar-refractivity contribution >= 4 is 5.84 Å². The SMILES string of the molecule is CC1CO[N+]([O-])=C1[N+](=O)[O-]. The van der Waals surface area contributed by atoms with E-state index in [0.717, 1.165) is 0 Å². The second kappa shape index (κ2) is 2.13. The van der Waals surface area contributed by atoms with Crippen LogP contribution in [0.4, 0.5) is 0 Å². The van der Waals surface area contributed by atoms with E-state index in [1.807, 2.05) is 0 Å². The highest BCUT2D eigenvalue weighted by molar-refractivity contribution is 5.71. The van der Waals surface area contributed by atoms with Crippen LogP contribution in [0.3, 0.4) is 0 Å². The molecule has 0 aromatic rings. The quantitative estimate of drug-likeness (QED) is 0.268. The molecule has 56 valence electrons. The Hall–Kier alpha value is -1.33. The van der Waals surface area contributed by atoms with Crippen LogP contribution in [-0.2, 0) is 4.84 Å². The van der Waals surface area contributed by atoms with Crippen molar-refractivity contribution in [2.75, 3.05) is 6.61 Å². The second-order valence-corrected chi connectivity index (χ2v) is 2.07. The van der Waals surface area contributed by atoms with Crippen LogP contribution in [0.2, 0.25) is 0 Å². The van der Waals surface area contributed by atoms with Gasteiger partial charge in [0.15, 0.2) is 0 Å². The van der Waals surface area contributed by atoms with Crippen LogP contribution in [0.5, 0.6) is 0 Å². The summed E-state index contributed by atoms with van der Waals surface area (Å²) in [7, 11) is 0. The predicted molar refractivity (Wildman–Crippen MR) is 30.7 cm³/mol. The topological polar surface area (TPSA) is 78.4 Å². The molecule has 0 saturated carbocycles. The highest BCUT2D eigenvalue weighted by atomic mass is 16.9. The van der Waals surface area contributed by atoms with Gasteiger partial charge in [0.05, 0.1) is 6.61 Å². The summed E-state index contributed by atoms with van der Waals surface area (Å²) in [6.07, 6.45) is 0. The molecule has 1 heterocycles. The van der Waals surface area contributed by atoms with E-state index < -0.39 is 16.7 Å². The molecule has 1 aliphatic heterocycles. The van der Waals surface area contributed by atoms with Gasteiger partial charge in [-0.25, -0.2) is 0 Å². The van der Waals surface area contributed by atoms with Gasteiger partial charge < -0.3 is 4.84 Å². The summed E-state index contributed by atoms with van der Waals surface area (Å²) in [4.78, 5) is 13.7. The molecule has 6 nitrogen and oxygen atoms in total. The first-order valence-corrected chi connectivity index (χ1v) is 2.74. The lowest BCUT2D eigenvalue weighted by molar-refractivity contribution is -0.747. The zero-order valence-corrected chi connectivity index (χ0v) is 5.31. The van der Waals surface area contributed by atoms with E-state index in [1.165, 1.54) is 0 Å². The molecular formula is C4H6N2O4. The average molecular weight is 146 g/mol. The molecule has 0 radical (unpaired) electrons. The van der Waals surface area contributed by atoms with E-state index in [2.05, 4.69) is 4.84 Å². The Labute approximate surface area is 56.4 Å². The zero-order chi connectivity index (χ0) is 7.72. The van der Waals surface area contributed by atoms with Crippen LogP contribution in [0.25, 0.3) is 0 Å². The van der Waals surface area contributed by atoms with Crippen LogP contribution in [0.1, 0.15) is 6.92 Å². The van der Waals surface area contributed by atoms with Gasteiger partial charge in [0.2, 0.25) is 0 Å². The third-order valence-corrected chi connectivity index (χ3v) is 1.26. The minimum absolute atomic E-state index is 0.0370. The summed E-state index contributed by atoms with van der Waals surface area (Å²) < 4.78 is 0. The molecule has 6 heteroatoms. The van der Waals surface area contributed by atoms with Gasteiger partial charge in [-0.3, -0.25) is 15.3 Å². The van der Waals surface area contributed by atoms with Gasteiger partial charge in [-0.15, -0.1) is 0 Å². The Morgan fingerprint density at radius 2 is 2.50 bits per heavy atom. The Morgan fingerprint density at radius 1 is 1.90 bits per heavy atom. The lowest BCUT2D eigenvalue weighted by Crippen LogP contribution is -2.22. The molecule has 0 aromatic carbocycles. The first-order chi connectivity index (χ1) is 4.63. The van der Waals surface area contributed by atoms with Crippen molar-refractivity contribution in [3.05, 3.63) is 15.3 Å². The first-order valence-electron chi connectivity index (χ1n) is 2.74. The molecule has 0 amide bonds. The molecular weight excluding hydrogens is 140 g/mol. The minimum Gasteiger partial charge on any atom is -0.397 e. The van der Waals surface area contributed by atoms with E-state index in [4.69, 9.17) is 0 Å².